The largest absolute Gasteiger partial charge is 0.488 e. The molecule has 0 unspecified atom stereocenters. The van der Waals surface area contributed by atoms with Crippen LogP contribution >= 0.6 is 45.8 Å². The van der Waals surface area contributed by atoms with Crippen LogP contribution < -0.4 is 10.1 Å². The van der Waals surface area contributed by atoms with E-state index in [9.17, 15) is 10.1 Å². The van der Waals surface area contributed by atoms with Crippen molar-refractivity contribution in [2.75, 3.05) is 6.54 Å². The van der Waals surface area contributed by atoms with Gasteiger partial charge in [0.1, 0.15) is 24.0 Å². The molecule has 168 valence electrons. The van der Waals surface area contributed by atoms with E-state index in [0.717, 1.165) is 27.5 Å². The van der Waals surface area contributed by atoms with E-state index in [2.05, 4.69) is 40.0 Å². The lowest BCUT2D eigenvalue weighted by Crippen LogP contribution is -2.25. The van der Waals surface area contributed by atoms with Crippen molar-refractivity contribution in [3.05, 3.63) is 103 Å². The van der Waals surface area contributed by atoms with Gasteiger partial charge in [0.15, 0.2) is 0 Å². The summed E-state index contributed by atoms with van der Waals surface area (Å²) < 4.78 is 6.73. The number of hydrogen-bond donors (Lipinski definition) is 1. The Labute approximate surface area is 217 Å². The van der Waals surface area contributed by atoms with E-state index >= 15 is 0 Å². The van der Waals surface area contributed by atoms with Crippen molar-refractivity contribution in [2.24, 2.45) is 0 Å². The molecule has 0 saturated heterocycles. The first-order valence-electron chi connectivity index (χ1n) is 10.3. The maximum absolute atomic E-state index is 12.4. The van der Waals surface area contributed by atoms with Gasteiger partial charge in [0.2, 0.25) is 0 Å². The zero-order valence-electron chi connectivity index (χ0n) is 17.7. The third kappa shape index (κ3) is 7.78. The van der Waals surface area contributed by atoms with Gasteiger partial charge in [-0.25, -0.2) is 0 Å². The van der Waals surface area contributed by atoms with Gasteiger partial charge in [-0.2, -0.15) is 5.26 Å². The van der Waals surface area contributed by atoms with E-state index in [1.807, 2.05) is 42.5 Å². The normalized spacial score (nSPS) is 11.0. The Balaban J connectivity index is 1.57. The van der Waals surface area contributed by atoms with E-state index in [4.69, 9.17) is 27.9 Å². The van der Waals surface area contributed by atoms with Crippen molar-refractivity contribution < 1.29 is 9.53 Å². The second kappa shape index (κ2) is 12.6. The van der Waals surface area contributed by atoms with Gasteiger partial charge in [0.25, 0.3) is 5.91 Å². The smallest absolute Gasteiger partial charge is 0.261 e. The number of halogens is 3. The summed E-state index contributed by atoms with van der Waals surface area (Å²) in [5, 5.41) is 13.4. The fraction of sp³-hybridized carbons (Fsp3) is 0.154. The van der Waals surface area contributed by atoms with E-state index in [1.54, 1.807) is 24.3 Å². The highest BCUT2D eigenvalue weighted by atomic mass is 127. The number of nitrogens with one attached hydrogen (secondary N) is 1. The number of nitriles is 1. The average molecular weight is 591 g/mol. The molecule has 0 fully saturated rings. The fourth-order valence-corrected chi connectivity index (χ4v) is 4.23. The van der Waals surface area contributed by atoms with Crippen LogP contribution in [0.1, 0.15) is 23.1 Å². The Morgan fingerprint density at radius 3 is 2.58 bits per heavy atom. The van der Waals surface area contributed by atoms with Crippen molar-refractivity contribution in [3.8, 4) is 11.8 Å². The number of carbonyl (C=O) groups is 1. The molecule has 1 N–H and O–H groups in total. The Hall–Kier alpha value is -2.53. The molecule has 0 aliphatic heterocycles. The van der Waals surface area contributed by atoms with Gasteiger partial charge >= 0.3 is 0 Å². The Morgan fingerprint density at radius 2 is 1.88 bits per heavy atom. The predicted octanol–water partition coefficient (Wildman–Crippen LogP) is 6.83. The fourth-order valence-electron chi connectivity index (χ4n) is 3.07. The summed E-state index contributed by atoms with van der Waals surface area (Å²) in [6, 6.07) is 22.8. The van der Waals surface area contributed by atoms with Gasteiger partial charge in [0, 0.05) is 22.2 Å². The molecule has 1 amide bonds. The molecule has 0 bridgehead atoms. The standard InChI is InChI=1S/C26H21Cl2IN2O2/c27-22-10-9-20(23(28)15-22)17-33-25-11-8-19(14-24(25)29)13-21(16-30)26(32)31-12-4-7-18-5-2-1-3-6-18/h1-3,5-6,8-11,13-15H,4,7,12,17H2,(H,31,32)/b21-13-. The molecule has 4 nitrogen and oxygen atoms in total. The summed E-state index contributed by atoms with van der Waals surface area (Å²) in [5.41, 5.74) is 2.86. The SMILES string of the molecule is N#C/C(=C/c1ccc(OCc2ccc(Cl)cc2Cl)c(I)c1)C(=O)NCCCc1ccccc1. The van der Waals surface area contributed by atoms with Crippen LogP contribution in [0.15, 0.2) is 72.3 Å². The third-order valence-corrected chi connectivity index (χ3v) is 6.23. The first kappa shape index (κ1) is 25.1. The molecule has 3 aromatic carbocycles. The predicted molar refractivity (Wildman–Crippen MR) is 141 cm³/mol. The first-order chi connectivity index (χ1) is 16.0. The molecular weight excluding hydrogens is 570 g/mol. The van der Waals surface area contributed by atoms with Gasteiger partial charge in [-0.05, 0) is 76.9 Å². The highest BCUT2D eigenvalue weighted by Crippen LogP contribution is 2.26. The topological polar surface area (TPSA) is 62.1 Å². The average Bonchev–Trinajstić information content (AvgIpc) is 2.81. The highest BCUT2D eigenvalue weighted by Gasteiger charge is 2.10. The summed E-state index contributed by atoms with van der Waals surface area (Å²) in [6.45, 7) is 0.806. The Bertz CT molecular complexity index is 1190. The highest BCUT2D eigenvalue weighted by molar-refractivity contribution is 14.1. The van der Waals surface area contributed by atoms with Gasteiger partial charge in [0.05, 0.1) is 3.57 Å². The van der Waals surface area contributed by atoms with Gasteiger partial charge in [-0.1, -0.05) is 65.7 Å². The molecule has 0 aromatic heterocycles. The summed E-state index contributed by atoms with van der Waals surface area (Å²) in [4.78, 5) is 12.4. The van der Waals surface area contributed by atoms with E-state index in [0.29, 0.717) is 28.9 Å². The first-order valence-corrected chi connectivity index (χ1v) is 12.1. The molecule has 0 aliphatic rings. The molecule has 7 heteroatoms. The van der Waals surface area contributed by atoms with Crippen molar-refractivity contribution >= 4 is 57.8 Å². The van der Waals surface area contributed by atoms with Gasteiger partial charge < -0.3 is 10.1 Å². The van der Waals surface area contributed by atoms with Crippen molar-refractivity contribution in [1.29, 1.82) is 5.26 Å². The van der Waals surface area contributed by atoms with Crippen LogP contribution in [0.2, 0.25) is 10.0 Å². The number of amides is 1. The molecule has 0 heterocycles. The lowest BCUT2D eigenvalue weighted by Gasteiger charge is -2.10. The lowest BCUT2D eigenvalue weighted by atomic mass is 10.1. The minimum absolute atomic E-state index is 0.0622. The maximum Gasteiger partial charge on any atom is 0.261 e. The van der Waals surface area contributed by atoms with Crippen molar-refractivity contribution in [1.82, 2.24) is 5.32 Å². The summed E-state index contributed by atoms with van der Waals surface area (Å²) in [7, 11) is 0. The zero-order chi connectivity index (χ0) is 23.6. The number of hydrogen-bond acceptors (Lipinski definition) is 3. The summed E-state index contributed by atoms with van der Waals surface area (Å²) in [6.07, 6.45) is 3.25. The maximum atomic E-state index is 12.4. The van der Waals surface area contributed by atoms with Crippen LogP contribution in [0.5, 0.6) is 5.75 Å². The van der Waals surface area contributed by atoms with Crippen LogP contribution in [0, 0.1) is 14.9 Å². The minimum Gasteiger partial charge on any atom is -0.488 e. The molecular formula is C26H21Cl2IN2O2. The van der Waals surface area contributed by atoms with E-state index in [1.165, 1.54) is 5.56 Å². The number of nitrogens with zero attached hydrogens (tertiary/aromatic N) is 1. The number of rotatable bonds is 9. The zero-order valence-corrected chi connectivity index (χ0v) is 21.3. The van der Waals surface area contributed by atoms with Crippen LogP contribution in [0.25, 0.3) is 6.08 Å². The second-order valence-corrected chi connectivity index (χ2v) is 9.23. The number of benzene rings is 3. The van der Waals surface area contributed by atoms with E-state index < -0.39 is 0 Å². The van der Waals surface area contributed by atoms with Crippen LogP contribution in [0.4, 0.5) is 0 Å². The summed E-state index contributed by atoms with van der Waals surface area (Å²) >= 11 is 14.3. The quantitative estimate of drug-likeness (QED) is 0.129. The minimum atomic E-state index is -0.377. The summed E-state index contributed by atoms with van der Waals surface area (Å²) in [5.74, 6) is 0.306. The van der Waals surface area contributed by atoms with Gasteiger partial charge in [-0.15, -0.1) is 0 Å². The molecule has 3 rings (SSSR count). The molecule has 0 radical (unpaired) electrons. The lowest BCUT2D eigenvalue weighted by molar-refractivity contribution is -0.117. The third-order valence-electron chi connectivity index (χ3n) is 4.80. The van der Waals surface area contributed by atoms with Crippen LogP contribution in [-0.4, -0.2) is 12.5 Å². The van der Waals surface area contributed by atoms with Crippen molar-refractivity contribution in [3.63, 3.8) is 0 Å². The number of aryl methyl sites for hydroxylation is 1. The molecule has 0 saturated carbocycles. The molecule has 3 aromatic rings. The van der Waals surface area contributed by atoms with Gasteiger partial charge in [-0.3, -0.25) is 4.79 Å². The number of ether oxygens (including phenoxy) is 1. The molecule has 0 aliphatic carbocycles. The van der Waals surface area contributed by atoms with Crippen LogP contribution in [0.3, 0.4) is 0 Å². The molecule has 0 atom stereocenters. The molecule has 33 heavy (non-hydrogen) atoms. The van der Waals surface area contributed by atoms with E-state index in [-0.39, 0.29) is 11.5 Å². The Morgan fingerprint density at radius 1 is 1.09 bits per heavy atom. The molecule has 0 spiro atoms. The monoisotopic (exact) mass is 590 g/mol. The Kier molecular flexibility index (Phi) is 9.61. The van der Waals surface area contributed by atoms with Crippen molar-refractivity contribution in [2.45, 2.75) is 19.4 Å². The second-order valence-electron chi connectivity index (χ2n) is 7.23. The van der Waals surface area contributed by atoms with Crippen LogP contribution in [-0.2, 0) is 17.8 Å². The number of carbonyl (C=O) groups excluding carboxylic acids is 1.